The standard InChI is InChI=1S/C14H21N3OS/c1-9-16-11(8-19-9)7-17(2)14(18)13-12-5-3-4-10(12)6-15-13/h8,10,12-13,15H,3-7H2,1-2H3. The van der Waals surface area contributed by atoms with Gasteiger partial charge in [0, 0.05) is 12.4 Å². The zero-order valence-corrected chi connectivity index (χ0v) is 12.4. The fraction of sp³-hybridized carbons (Fsp3) is 0.714. The molecule has 1 saturated heterocycles. The molecule has 1 saturated carbocycles. The van der Waals surface area contributed by atoms with Gasteiger partial charge in [-0.2, -0.15) is 0 Å². The van der Waals surface area contributed by atoms with Crippen molar-refractivity contribution in [3.63, 3.8) is 0 Å². The van der Waals surface area contributed by atoms with Crippen molar-refractivity contribution < 1.29 is 4.79 Å². The number of nitrogens with one attached hydrogen (secondary N) is 1. The number of hydrogen-bond acceptors (Lipinski definition) is 4. The largest absolute Gasteiger partial charge is 0.338 e. The molecular weight excluding hydrogens is 258 g/mol. The number of hydrogen-bond donors (Lipinski definition) is 1. The average Bonchev–Trinajstić information content (AvgIpc) is 3.04. The van der Waals surface area contributed by atoms with E-state index in [-0.39, 0.29) is 11.9 Å². The van der Waals surface area contributed by atoms with Gasteiger partial charge in [0.05, 0.1) is 23.3 Å². The van der Waals surface area contributed by atoms with E-state index in [1.54, 1.807) is 11.3 Å². The van der Waals surface area contributed by atoms with Crippen molar-refractivity contribution in [1.82, 2.24) is 15.2 Å². The highest BCUT2D eigenvalue weighted by Gasteiger charge is 2.43. The number of rotatable bonds is 3. The van der Waals surface area contributed by atoms with Gasteiger partial charge in [-0.25, -0.2) is 4.98 Å². The fourth-order valence-electron chi connectivity index (χ4n) is 3.50. The lowest BCUT2D eigenvalue weighted by molar-refractivity contribution is -0.133. The van der Waals surface area contributed by atoms with Crippen LogP contribution >= 0.6 is 11.3 Å². The third kappa shape index (κ3) is 2.54. The van der Waals surface area contributed by atoms with E-state index in [1.807, 2.05) is 24.3 Å². The molecule has 3 unspecified atom stereocenters. The molecule has 3 atom stereocenters. The van der Waals surface area contributed by atoms with Crippen LogP contribution in [-0.4, -0.2) is 35.4 Å². The molecule has 0 aromatic carbocycles. The molecule has 1 amide bonds. The van der Waals surface area contributed by atoms with E-state index in [9.17, 15) is 4.79 Å². The molecule has 104 valence electrons. The second-order valence-corrected chi connectivity index (χ2v) is 6.86. The number of nitrogens with zero attached hydrogens (tertiary/aromatic N) is 2. The van der Waals surface area contributed by atoms with E-state index in [0.29, 0.717) is 12.5 Å². The summed E-state index contributed by atoms with van der Waals surface area (Å²) in [6.45, 7) is 3.64. The lowest BCUT2D eigenvalue weighted by Crippen LogP contribution is -2.44. The van der Waals surface area contributed by atoms with Gasteiger partial charge in [0.1, 0.15) is 0 Å². The first kappa shape index (κ1) is 13.1. The van der Waals surface area contributed by atoms with E-state index in [4.69, 9.17) is 0 Å². The summed E-state index contributed by atoms with van der Waals surface area (Å²) in [5.74, 6) is 1.52. The van der Waals surface area contributed by atoms with Crippen LogP contribution in [0.1, 0.15) is 30.0 Å². The van der Waals surface area contributed by atoms with Crippen LogP contribution in [0.5, 0.6) is 0 Å². The highest BCUT2D eigenvalue weighted by molar-refractivity contribution is 7.09. The molecule has 2 heterocycles. The van der Waals surface area contributed by atoms with Gasteiger partial charge in [-0.15, -0.1) is 11.3 Å². The quantitative estimate of drug-likeness (QED) is 0.917. The maximum absolute atomic E-state index is 12.5. The molecule has 0 spiro atoms. The van der Waals surface area contributed by atoms with Gasteiger partial charge in [-0.1, -0.05) is 6.42 Å². The smallest absolute Gasteiger partial charge is 0.240 e. The van der Waals surface area contributed by atoms with Crippen LogP contribution < -0.4 is 5.32 Å². The van der Waals surface area contributed by atoms with Crippen LogP contribution in [0.3, 0.4) is 0 Å². The van der Waals surface area contributed by atoms with Crippen molar-refractivity contribution >= 4 is 17.2 Å². The molecule has 2 aliphatic rings. The molecule has 1 aromatic heterocycles. The Hall–Kier alpha value is -0.940. The summed E-state index contributed by atoms with van der Waals surface area (Å²) in [6.07, 6.45) is 3.78. The van der Waals surface area contributed by atoms with Crippen molar-refractivity contribution in [3.8, 4) is 0 Å². The number of carbonyl (C=O) groups is 1. The van der Waals surface area contributed by atoms with Crippen molar-refractivity contribution in [3.05, 3.63) is 16.1 Å². The molecule has 1 aromatic rings. The Kier molecular flexibility index (Phi) is 3.58. The first-order chi connectivity index (χ1) is 9.15. The van der Waals surface area contributed by atoms with Gasteiger partial charge in [-0.05, 0) is 38.1 Å². The molecular formula is C14H21N3OS. The molecule has 19 heavy (non-hydrogen) atoms. The van der Waals surface area contributed by atoms with E-state index in [2.05, 4.69) is 10.3 Å². The number of likely N-dealkylation sites (N-methyl/N-ethyl adjacent to an activating group) is 1. The topological polar surface area (TPSA) is 45.2 Å². The number of amides is 1. The second kappa shape index (κ2) is 5.21. The summed E-state index contributed by atoms with van der Waals surface area (Å²) >= 11 is 1.64. The van der Waals surface area contributed by atoms with Gasteiger partial charge in [0.15, 0.2) is 0 Å². The molecule has 0 bridgehead atoms. The van der Waals surface area contributed by atoms with E-state index in [1.165, 1.54) is 19.3 Å². The van der Waals surface area contributed by atoms with Crippen LogP contribution in [0, 0.1) is 18.8 Å². The molecule has 1 N–H and O–H groups in total. The third-order valence-electron chi connectivity index (χ3n) is 4.45. The van der Waals surface area contributed by atoms with Gasteiger partial charge >= 0.3 is 0 Å². The van der Waals surface area contributed by atoms with Crippen molar-refractivity contribution in [2.24, 2.45) is 11.8 Å². The zero-order valence-electron chi connectivity index (χ0n) is 11.6. The Balaban J connectivity index is 1.63. The van der Waals surface area contributed by atoms with Crippen molar-refractivity contribution in [1.29, 1.82) is 0 Å². The zero-order chi connectivity index (χ0) is 13.4. The summed E-state index contributed by atoms with van der Waals surface area (Å²) < 4.78 is 0. The minimum absolute atomic E-state index is 0.0391. The maximum Gasteiger partial charge on any atom is 0.240 e. The van der Waals surface area contributed by atoms with Crippen LogP contribution in [0.15, 0.2) is 5.38 Å². The number of fused-ring (bicyclic) bond motifs is 1. The second-order valence-electron chi connectivity index (χ2n) is 5.79. The lowest BCUT2D eigenvalue weighted by atomic mass is 9.93. The summed E-state index contributed by atoms with van der Waals surface area (Å²) in [6, 6.07) is 0.0391. The van der Waals surface area contributed by atoms with Crippen LogP contribution in [0.4, 0.5) is 0 Å². The Morgan fingerprint density at radius 3 is 3.16 bits per heavy atom. The summed E-state index contributed by atoms with van der Waals surface area (Å²) in [5, 5.41) is 6.52. The third-order valence-corrected chi connectivity index (χ3v) is 5.28. The summed E-state index contributed by atoms with van der Waals surface area (Å²) in [7, 11) is 1.89. The van der Waals surface area contributed by atoms with Crippen molar-refractivity contribution in [2.45, 2.75) is 38.8 Å². The summed E-state index contributed by atoms with van der Waals surface area (Å²) in [4.78, 5) is 18.8. The van der Waals surface area contributed by atoms with E-state index >= 15 is 0 Å². The fourth-order valence-corrected chi connectivity index (χ4v) is 4.10. The minimum atomic E-state index is 0.0391. The average molecular weight is 279 g/mol. The molecule has 1 aliphatic carbocycles. The maximum atomic E-state index is 12.5. The normalized spacial score (nSPS) is 29.5. The molecule has 4 nitrogen and oxygen atoms in total. The molecule has 1 aliphatic heterocycles. The SMILES string of the molecule is Cc1nc(CN(C)C(=O)C2NCC3CCCC32)cs1. The Labute approximate surface area is 118 Å². The molecule has 0 radical (unpaired) electrons. The number of aryl methyl sites for hydroxylation is 1. The monoisotopic (exact) mass is 279 g/mol. The van der Waals surface area contributed by atoms with E-state index < -0.39 is 0 Å². The number of thiazole rings is 1. The Morgan fingerprint density at radius 2 is 2.42 bits per heavy atom. The molecule has 5 heteroatoms. The first-order valence-electron chi connectivity index (χ1n) is 7.04. The number of aromatic nitrogens is 1. The Morgan fingerprint density at radius 1 is 1.58 bits per heavy atom. The lowest BCUT2D eigenvalue weighted by Gasteiger charge is -2.24. The van der Waals surface area contributed by atoms with Gasteiger partial charge in [0.25, 0.3) is 0 Å². The van der Waals surface area contributed by atoms with Gasteiger partial charge < -0.3 is 10.2 Å². The molecule has 3 rings (SSSR count). The predicted molar refractivity (Wildman–Crippen MR) is 75.9 cm³/mol. The minimum Gasteiger partial charge on any atom is -0.338 e. The van der Waals surface area contributed by atoms with E-state index in [0.717, 1.165) is 23.2 Å². The van der Waals surface area contributed by atoms with Gasteiger partial charge in [0.2, 0.25) is 5.91 Å². The predicted octanol–water partition coefficient (Wildman–Crippen LogP) is 1.80. The first-order valence-corrected chi connectivity index (χ1v) is 7.92. The Bertz CT molecular complexity index is 473. The van der Waals surface area contributed by atoms with Crippen LogP contribution in [-0.2, 0) is 11.3 Å². The summed E-state index contributed by atoms with van der Waals surface area (Å²) in [5.41, 5.74) is 0.999. The van der Waals surface area contributed by atoms with Crippen LogP contribution in [0.25, 0.3) is 0 Å². The highest BCUT2D eigenvalue weighted by atomic mass is 32.1. The molecule has 2 fully saturated rings. The highest BCUT2D eigenvalue weighted by Crippen LogP contribution is 2.38. The van der Waals surface area contributed by atoms with Gasteiger partial charge in [-0.3, -0.25) is 4.79 Å². The van der Waals surface area contributed by atoms with Crippen molar-refractivity contribution in [2.75, 3.05) is 13.6 Å². The number of carbonyl (C=O) groups excluding carboxylic acids is 1. The van der Waals surface area contributed by atoms with Crippen LogP contribution in [0.2, 0.25) is 0 Å².